The molecular formula is C25H23F3N4O7S. The van der Waals surface area contributed by atoms with Crippen LogP contribution in [-0.2, 0) is 31.0 Å². The number of carbonyl (C=O) groups excluding carboxylic acids is 2. The maximum absolute atomic E-state index is 13.0. The van der Waals surface area contributed by atoms with Crippen LogP contribution in [0.1, 0.15) is 17.5 Å². The van der Waals surface area contributed by atoms with Crippen LogP contribution in [0.3, 0.4) is 0 Å². The van der Waals surface area contributed by atoms with Gasteiger partial charge in [0.25, 0.3) is 0 Å². The minimum atomic E-state index is -5.08. The summed E-state index contributed by atoms with van der Waals surface area (Å²) in [5.41, 5.74) is 6.57. The standard InChI is InChI=1S/C23H22N4O5S.C2HF3O2/c1-32-18-7-5-15-6-8-19(11-17(15)10-18)33(30,31)26-20-12-21(28)27(23(20)29)13-14-3-2-4-16(9-14)22(24)25;3-2(4,5)1(6)7/h2-11,20,26H,12-13H2,1H3,(H3,24,25);(H,6,7)/t20-;/m0./s1. The normalized spacial score (nSPS) is 15.5. The number of nitrogens with zero attached hydrogens (tertiary/aromatic N) is 1. The summed E-state index contributed by atoms with van der Waals surface area (Å²) in [7, 11) is -2.54. The third-order valence-electron chi connectivity index (χ3n) is 5.69. The number of nitrogens with one attached hydrogen (secondary N) is 2. The van der Waals surface area contributed by atoms with Crippen molar-refractivity contribution in [1.29, 1.82) is 5.41 Å². The number of nitrogens with two attached hydrogens (primary N) is 1. The van der Waals surface area contributed by atoms with Crippen LogP contribution < -0.4 is 15.2 Å². The van der Waals surface area contributed by atoms with E-state index in [4.69, 9.17) is 25.8 Å². The van der Waals surface area contributed by atoms with E-state index in [9.17, 15) is 31.2 Å². The zero-order chi connectivity index (χ0) is 29.8. The van der Waals surface area contributed by atoms with Crippen molar-refractivity contribution < 1.29 is 45.8 Å². The number of hydrogen-bond donors (Lipinski definition) is 4. The lowest BCUT2D eigenvalue weighted by Crippen LogP contribution is -2.41. The Hall–Kier alpha value is -4.50. The Morgan fingerprint density at radius 2 is 1.77 bits per heavy atom. The number of nitrogen functional groups attached to an aromatic ring is 1. The Bertz CT molecular complexity index is 1590. The highest BCUT2D eigenvalue weighted by Crippen LogP contribution is 2.25. The number of benzene rings is 3. The fraction of sp³-hybridized carbons (Fsp3) is 0.200. The summed E-state index contributed by atoms with van der Waals surface area (Å²) in [4.78, 5) is 35.2. The third kappa shape index (κ3) is 7.12. The SMILES string of the molecule is COc1ccc2ccc(S(=O)(=O)N[C@H]3CC(=O)N(Cc4cccc(C(=N)N)c4)C3=O)cc2c1.O=C(O)C(F)(F)F. The molecule has 1 saturated heterocycles. The zero-order valence-corrected chi connectivity index (χ0v) is 21.5. The first kappa shape index (κ1) is 30.0. The van der Waals surface area contributed by atoms with E-state index in [0.29, 0.717) is 22.3 Å². The summed E-state index contributed by atoms with van der Waals surface area (Å²) in [5, 5.41) is 16.2. The van der Waals surface area contributed by atoms with E-state index in [1.54, 1.807) is 42.5 Å². The van der Waals surface area contributed by atoms with E-state index in [1.165, 1.54) is 19.2 Å². The molecule has 1 fully saturated rings. The second kappa shape index (κ2) is 11.7. The summed E-state index contributed by atoms with van der Waals surface area (Å²) in [6.45, 7) is -0.0349. The molecule has 0 bridgehead atoms. The van der Waals surface area contributed by atoms with Gasteiger partial charge in [0.05, 0.1) is 25.0 Å². The number of amidine groups is 1. The van der Waals surface area contributed by atoms with E-state index < -0.39 is 40.0 Å². The minimum Gasteiger partial charge on any atom is -0.497 e. The lowest BCUT2D eigenvalue weighted by Gasteiger charge is -2.16. The van der Waals surface area contributed by atoms with Gasteiger partial charge in [-0.1, -0.05) is 30.3 Å². The van der Waals surface area contributed by atoms with Crippen LogP contribution in [0.15, 0.2) is 65.6 Å². The molecule has 2 amide bonds. The number of alkyl halides is 3. The van der Waals surface area contributed by atoms with Gasteiger partial charge in [0.15, 0.2) is 0 Å². The molecule has 3 aromatic rings. The summed E-state index contributed by atoms with van der Waals surface area (Å²) in [6.07, 6.45) is -5.36. The highest BCUT2D eigenvalue weighted by Gasteiger charge is 2.41. The van der Waals surface area contributed by atoms with E-state index in [2.05, 4.69) is 4.72 Å². The number of likely N-dealkylation sites (tertiary alicyclic amines) is 1. The minimum absolute atomic E-state index is 0.0175. The average Bonchev–Trinajstić information content (AvgIpc) is 3.14. The van der Waals surface area contributed by atoms with Gasteiger partial charge >= 0.3 is 12.1 Å². The smallest absolute Gasteiger partial charge is 0.490 e. The summed E-state index contributed by atoms with van der Waals surface area (Å²) in [6, 6.07) is 15.4. The molecule has 0 aromatic heterocycles. The number of methoxy groups -OCH3 is 1. The number of carboxylic acid groups (broad SMARTS) is 1. The fourth-order valence-electron chi connectivity index (χ4n) is 3.71. The lowest BCUT2D eigenvalue weighted by atomic mass is 10.1. The molecule has 15 heteroatoms. The lowest BCUT2D eigenvalue weighted by molar-refractivity contribution is -0.192. The van der Waals surface area contributed by atoms with Gasteiger partial charge in [-0.15, -0.1) is 0 Å². The molecule has 11 nitrogen and oxygen atoms in total. The van der Waals surface area contributed by atoms with Gasteiger partial charge in [-0.05, 0) is 46.7 Å². The van der Waals surface area contributed by atoms with Crippen molar-refractivity contribution in [2.75, 3.05) is 7.11 Å². The Morgan fingerprint density at radius 3 is 2.38 bits per heavy atom. The van der Waals surface area contributed by atoms with Crippen molar-refractivity contribution in [1.82, 2.24) is 9.62 Å². The number of carboxylic acids is 1. The monoisotopic (exact) mass is 580 g/mol. The van der Waals surface area contributed by atoms with E-state index in [1.807, 2.05) is 6.07 Å². The quantitative estimate of drug-likeness (QED) is 0.187. The van der Waals surface area contributed by atoms with Gasteiger partial charge in [-0.2, -0.15) is 17.9 Å². The molecule has 40 heavy (non-hydrogen) atoms. The molecular weight excluding hydrogens is 557 g/mol. The van der Waals surface area contributed by atoms with Gasteiger partial charge < -0.3 is 15.6 Å². The molecule has 0 radical (unpaired) electrons. The number of amides is 2. The number of halogens is 3. The van der Waals surface area contributed by atoms with Crippen LogP contribution in [0.25, 0.3) is 10.8 Å². The highest BCUT2D eigenvalue weighted by atomic mass is 32.2. The second-order valence-corrected chi connectivity index (χ2v) is 10.2. The van der Waals surface area contributed by atoms with Crippen LogP contribution in [0.2, 0.25) is 0 Å². The van der Waals surface area contributed by atoms with E-state index in [-0.39, 0.29) is 23.7 Å². The van der Waals surface area contributed by atoms with Gasteiger partial charge in [0.2, 0.25) is 21.8 Å². The van der Waals surface area contributed by atoms with Crippen molar-refractivity contribution in [3.05, 3.63) is 71.8 Å². The Morgan fingerprint density at radius 1 is 1.12 bits per heavy atom. The largest absolute Gasteiger partial charge is 0.497 e. The molecule has 0 saturated carbocycles. The average molecular weight is 581 g/mol. The van der Waals surface area contributed by atoms with Crippen LogP contribution in [0, 0.1) is 5.41 Å². The van der Waals surface area contributed by atoms with Crippen molar-refractivity contribution in [2.45, 2.75) is 30.1 Å². The highest BCUT2D eigenvalue weighted by molar-refractivity contribution is 7.89. The molecule has 0 unspecified atom stereocenters. The first-order chi connectivity index (χ1) is 18.6. The van der Waals surface area contributed by atoms with Crippen LogP contribution in [0.5, 0.6) is 5.75 Å². The number of ether oxygens (including phenoxy) is 1. The topological polar surface area (TPSA) is 180 Å². The molecule has 4 rings (SSSR count). The Balaban J connectivity index is 0.000000559. The molecule has 0 spiro atoms. The number of sulfonamides is 1. The molecule has 3 aromatic carbocycles. The van der Waals surface area contributed by atoms with Crippen molar-refractivity contribution in [3.8, 4) is 5.75 Å². The van der Waals surface area contributed by atoms with E-state index in [0.717, 1.165) is 10.3 Å². The molecule has 1 heterocycles. The van der Waals surface area contributed by atoms with Gasteiger partial charge in [0, 0.05) is 5.56 Å². The predicted molar refractivity (Wildman–Crippen MR) is 136 cm³/mol. The summed E-state index contributed by atoms with van der Waals surface area (Å²) in [5.74, 6) is -3.41. The van der Waals surface area contributed by atoms with Gasteiger partial charge in [-0.3, -0.25) is 19.9 Å². The molecule has 5 N–H and O–H groups in total. The Labute approximate surface area is 225 Å². The van der Waals surface area contributed by atoms with E-state index >= 15 is 0 Å². The molecule has 0 aliphatic carbocycles. The summed E-state index contributed by atoms with van der Waals surface area (Å²) < 4.78 is 65.2. The zero-order valence-electron chi connectivity index (χ0n) is 20.7. The van der Waals surface area contributed by atoms with Crippen molar-refractivity contribution >= 4 is 44.4 Å². The number of hydrogen-bond acceptors (Lipinski definition) is 7. The predicted octanol–water partition coefficient (Wildman–Crippen LogP) is 2.37. The first-order valence-corrected chi connectivity index (χ1v) is 12.8. The summed E-state index contributed by atoms with van der Waals surface area (Å²) >= 11 is 0. The maximum atomic E-state index is 13.0. The number of rotatable bonds is 7. The fourth-order valence-corrected chi connectivity index (χ4v) is 4.94. The molecule has 1 aliphatic heterocycles. The Kier molecular flexibility index (Phi) is 8.80. The number of fused-ring (bicyclic) bond motifs is 1. The van der Waals surface area contributed by atoms with Crippen LogP contribution in [0.4, 0.5) is 13.2 Å². The van der Waals surface area contributed by atoms with Gasteiger partial charge in [-0.25, -0.2) is 13.2 Å². The number of aliphatic carboxylic acids is 1. The van der Waals surface area contributed by atoms with Crippen LogP contribution in [-0.4, -0.2) is 61.4 Å². The molecule has 1 aliphatic rings. The number of carbonyl (C=O) groups is 3. The number of imide groups is 1. The van der Waals surface area contributed by atoms with Gasteiger partial charge in [0.1, 0.15) is 17.6 Å². The second-order valence-electron chi connectivity index (χ2n) is 8.49. The van der Waals surface area contributed by atoms with Crippen LogP contribution >= 0.6 is 0 Å². The van der Waals surface area contributed by atoms with Crippen molar-refractivity contribution in [3.63, 3.8) is 0 Å². The maximum Gasteiger partial charge on any atom is 0.490 e. The molecule has 1 atom stereocenters. The third-order valence-corrected chi connectivity index (χ3v) is 7.16. The molecule has 212 valence electrons. The first-order valence-electron chi connectivity index (χ1n) is 11.3. The van der Waals surface area contributed by atoms with Crippen molar-refractivity contribution in [2.24, 2.45) is 5.73 Å².